The number of carbonyl (C=O) groups excluding carboxylic acids is 1. The molecule has 21 heavy (non-hydrogen) atoms. The molecule has 0 aliphatic heterocycles. The molecule has 0 spiro atoms. The van der Waals surface area contributed by atoms with Crippen molar-refractivity contribution in [2.24, 2.45) is 0 Å². The van der Waals surface area contributed by atoms with E-state index in [1.54, 1.807) is 13.8 Å². The van der Waals surface area contributed by atoms with Crippen molar-refractivity contribution in [2.45, 2.75) is 25.7 Å². The maximum absolute atomic E-state index is 12.0. The molecule has 0 saturated carbocycles. The van der Waals surface area contributed by atoms with Crippen molar-refractivity contribution in [3.63, 3.8) is 0 Å². The fraction of sp³-hybridized carbons (Fsp3) is 0.333. The fourth-order valence-corrected chi connectivity index (χ4v) is 2.78. The molecule has 1 aromatic carbocycles. The van der Waals surface area contributed by atoms with Gasteiger partial charge >= 0.3 is 5.97 Å². The van der Waals surface area contributed by atoms with Crippen molar-refractivity contribution in [1.29, 1.82) is 0 Å². The van der Waals surface area contributed by atoms with E-state index in [9.17, 15) is 9.90 Å². The summed E-state index contributed by atoms with van der Waals surface area (Å²) in [5.41, 5.74) is 0.922. The van der Waals surface area contributed by atoms with Gasteiger partial charge in [-0.2, -0.15) is 0 Å². The number of thioether (sulfide) groups is 1. The zero-order valence-corrected chi connectivity index (χ0v) is 13.8. The van der Waals surface area contributed by atoms with Crippen LogP contribution in [0.3, 0.4) is 0 Å². The molecular weight excluding hydrogens is 308 g/mol. The average molecular weight is 326 g/mol. The van der Waals surface area contributed by atoms with Crippen LogP contribution in [0.2, 0.25) is 0 Å². The Morgan fingerprint density at radius 2 is 1.86 bits per heavy atom. The summed E-state index contributed by atoms with van der Waals surface area (Å²) < 4.78 is 10.1. The fourth-order valence-electron chi connectivity index (χ4n) is 1.49. The molecule has 0 radical (unpaired) electrons. The normalized spacial score (nSPS) is 11.6. The second kappa shape index (κ2) is 8.69. The molecule has 0 atom stereocenters. The summed E-state index contributed by atoms with van der Waals surface area (Å²) in [7, 11) is 0. The average Bonchev–Trinajstić information content (AvgIpc) is 2.42. The quantitative estimate of drug-likeness (QED) is 0.282. The highest BCUT2D eigenvalue weighted by Gasteiger charge is 2.24. The zero-order chi connectivity index (χ0) is 15.8. The summed E-state index contributed by atoms with van der Waals surface area (Å²) in [5.74, 6) is -1.18. The van der Waals surface area contributed by atoms with E-state index >= 15 is 0 Å². The molecule has 0 amide bonds. The molecule has 0 aliphatic carbocycles. The Morgan fingerprint density at radius 1 is 1.24 bits per heavy atom. The summed E-state index contributed by atoms with van der Waals surface area (Å²) >= 11 is 6.48. The number of hydrogen-bond acceptors (Lipinski definition) is 6. The first-order valence-electron chi connectivity index (χ1n) is 6.52. The van der Waals surface area contributed by atoms with Crippen LogP contribution in [0.5, 0.6) is 0 Å². The standard InChI is InChI=1S/C15H18O4S2/c1-4-18-13(16)12(14(17)19-5-2)15(20)21-11-9-7-6-8-10(11)3/h6-9,16H,4-5H2,1-3H3/b13-12+. The van der Waals surface area contributed by atoms with Gasteiger partial charge in [-0.25, -0.2) is 4.79 Å². The molecule has 0 saturated heterocycles. The highest BCUT2D eigenvalue weighted by Crippen LogP contribution is 2.28. The van der Waals surface area contributed by atoms with E-state index < -0.39 is 11.9 Å². The molecule has 1 aromatic rings. The summed E-state index contributed by atoms with van der Waals surface area (Å²) in [6.45, 7) is 5.76. The lowest BCUT2D eigenvalue weighted by Gasteiger charge is -2.11. The lowest BCUT2D eigenvalue weighted by Crippen LogP contribution is -2.16. The molecular formula is C15H18O4S2. The van der Waals surface area contributed by atoms with Gasteiger partial charge in [-0.05, 0) is 32.4 Å². The number of ether oxygens (including phenoxy) is 2. The lowest BCUT2D eigenvalue weighted by molar-refractivity contribution is -0.138. The van der Waals surface area contributed by atoms with Gasteiger partial charge < -0.3 is 14.6 Å². The van der Waals surface area contributed by atoms with E-state index in [-0.39, 0.29) is 23.0 Å². The van der Waals surface area contributed by atoms with E-state index in [4.69, 9.17) is 21.7 Å². The van der Waals surface area contributed by atoms with Crippen LogP contribution < -0.4 is 0 Å². The van der Waals surface area contributed by atoms with Crippen molar-refractivity contribution in [3.05, 3.63) is 41.3 Å². The molecule has 0 unspecified atom stereocenters. The molecule has 4 nitrogen and oxygen atoms in total. The molecule has 0 aliphatic rings. The first kappa shape index (κ1) is 17.5. The smallest absolute Gasteiger partial charge is 0.347 e. The van der Waals surface area contributed by atoms with Gasteiger partial charge in [-0.1, -0.05) is 42.2 Å². The Hall–Kier alpha value is -1.53. The van der Waals surface area contributed by atoms with Gasteiger partial charge in [-0.3, -0.25) is 0 Å². The number of carbonyl (C=O) groups is 1. The topological polar surface area (TPSA) is 55.8 Å². The minimum atomic E-state index is -0.686. The molecule has 1 rings (SSSR count). The van der Waals surface area contributed by atoms with E-state index in [0.29, 0.717) is 0 Å². The van der Waals surface area contributed by atoms with Crippen LogP contribution in [-0.2, 0) is 14.3 Å². The zero-order valence-electron chi connectivity index (χ0n) is 12.2. The second-order valence-electron chi connectivity index (χ2n) is 3.99. The van der Waals surface area contributed by atoms with Gasteiger partial charge in [0.2, 0.25) is 0 Å². The Labute approximate surface area is 134 Å². The third-order valence-electron chi connectivity index (χ3n) is 2.47. The highest BCUT2D eigenvalue weighted by atomic mass is 32.2. The van der Waals surface area contributed by atoms with Crippen LogP contribution >= 0.6 is 24.0 Å². The number of rotatable bonds is 6. The Kier molecular flexibility index (Phi) is 7.25. The van der Waals surface area contributed by atoms with Gasteiger partial charge in [-0.15, -0.1) is 0 Å². The predicted octanol–water partition coefficient (Wildman–Crippen LogP) is 3.78. The number of hydrogen-bond donors (Lipinski definition) is 1. The van der Waals surface area contributed by atoms with Crippen LogP contribution in [0.25, 0.3) is 0 Å². The Morgan fingerprint density at radius 3 is 2.43 bits per heavy atom. The van der Waals surface area contributed by atoms with Gasteiger partial charge in [0.25, 0.3) is 5.95 Å². The minimum absolute atomic E-state index is 0.109. The van der Waals surface area contributed by atoms with Crippen LogP contribution in [-0.4, -0.2) is 28.5 Å². The van der Waals surface area contributed by atoms with Gasteiger partial charge in [0.1, 0.15) is 0 Å². The van der Waals surface area contributed by atoms with E-state index in [1.165, 1.54) is 11.8 Å². The summed E-state index contributed by atoms with van der Waals surface area (Å²) in [6, 6.07) is 7.64. The van der Waals surface area contributed by atoms with Gasteiger partial charge in [0, 0.05) is 4.90 Å². The number of aliphatic hydroxyl groups is 1. The Balaban J connectivity index is 3.04. The van der Waals surface area contributed by atoms with Gasteiger partial charge in [0.15, 0.2) is 5.57 Å². The third kappa shape index (κ3) is 5.06. The van der Waals surface area contributed by atoms with E-state index in [1.807, 2.05) is 31.2 Å². The lowest BCUT2D eigenvalue weighted by atomic mass is 10.2. The maximum atomic E-state index is 12.0. The molecule has 0 bridgehead atoms. The summed E-state index contributed by atoms with van der Waals surface area (Å²) in [5, 5.41) is 9.88. The second-order valence-corrected chi connectivity index (χ2v) is 5.71. The van der Waals surface area contributed by atoms with Crippen molar-refractivity contribution >= 4 is 34.1 Å². The number of benzene rings is 1. The summed E-state index contributed by atoms with van der Waals surface area (Å²) in [4.78, 5) is 12.9. The van der Waals surface area contributed by atoms with Crippen molar-refractivity contribution in [2.75, 3.05) is 13.2 Å². The van der Waals surface area contributed by atoms with Crippen LogP contribution in [0.4, 0.5) is 0 Å². The largest absolute Gasteiger partial charge is 0.480 e. The summed E-state index contributed by atoms with van der Waals surface area (Å²) in [6.07, 6.45) is 0. The molecule has 1 N–H and O–H groups in total. The van der Waals surface area contributed by atoms with Crippen LogP contribution in [0, 0.1) is 6.92 Å². The van der Waals surface area contributed by atoms with Crippen molar-refractivity contribution in [3.8, 4) is 0 Å². The number of esters is 1. The molecule has 114 valence electrons. The number of thiocarbonyl (C=S) groups is 1. The molecule has 0 fully saturated rings. The molecule has 0 aromatic heterocycles. The van der Waals surface area contributed by atoms with Gasteiger partial charge in [0.05, 0.1) is 17.4 Å². The van der Waals surface area contributed by atoms with E-state index in [0.717, 1.165) is 10.5 Å². The highest BCUT2D eigenvalue weighted by molar-refractivity contribution is 8.23. The monoisotopic (exact) mass is 326 g/mol. The third-order valence-corrected chi connectivity index (χ3v) is 4.00. The first-order chi connectivity index (χ1) is 10.0. The SMILES string of the molecule is CCOC(=O)/C(C(=S)Sc1ccccc1C)=C(/O)OCC. The maximum Gasteiger partial charge on any atom is 0.347 e. The van der Waals surface area contributed by atoms with Crippen LogP contribution in [0.1, 0.15) is 19.4 Å². The van der Waals surface area contributed by atoms with Crippen molar-refractivity contribution < 1.29 is 19.4 Å². The Bertz CT molecular complexity index is 552. The number of aliphatic hydroxyl groups excluding tert-OH is 1. The first-order valence-corrected chi connectivity index (χ1v) is 7.74. The predicted molar refractivity (Wildman–Crippen MR) is 87.5 cm³/mol. The minimum Gasteiger partial charge on any atom is -0.480 e. The molecule has 0 heterocycles. The number of aryl methyl sites for hydroxylation is 1. The molecule has 6 heteroatoms. The van der Waals surface area contributed by atoms with E-state index in [2.05, 4.69) is 0 Å². The van der Waals surface area contributed by atoms with Crippen molar-refractivity contribution in [1.82, 2.24) is 0 Å². The van der Waals surface area contributed by atoms with Crippen LogP contribution in [0.15, 0.2) is 40.7 Å².